The molecule has 0 N–H and O–H groups in total. The van der Waals surface area contributed by atoms with Crippen LogP contribution >= 0.6 is 15.9 Å². The van der Waals surface area contributed by atoms with Crippen LogP contribution in [0, 0.1) is 11.3 Å². The average Bonchev–Trinajstić information content (AvgIpc) is 2.89. The van der Waals surface area contributed by atoms with Crippen molar-refractivity contribution in [3.05, 3.63) is 64.3 Å². The van der Waals surface area contributed by atoms with Crippen LogP contribution in [0.3, 0.4) is 0 Å². The molecule has 0 unspecified atom stereocenters. The van der Waals surface area contributed by atoms with Crippen molar-refractivity contribution in [2.45, 2.75) is 6.54 Å². The number of halogens is 1. The molecule has 0 radical (unpaired) electrons. The first-order valence-electron chi connectivity index (χ1n) is 6.52. The Kier molecular flexibility index (Phi) is 3.68. The highest BCUT2D eigenvalue weighted by Gasteiger charge is 2.08. The molecule has 0 atom stereocenters. The van der Waals surface area contributed by atoms with Crippen molar-refractivity contribution >= 4 is 26.8 Å². The molecule has 0 saturated carbocycles. The van der Waals surface area contributed by atoms with E-state index in [1.165, 1.54) is 5.39 Å². The maximum Gasteiger partial charge on any atom is 0.123 e. The van der Waals surface area contributed by atoms with Crippen molar-refractivity contribution in [2.24, 2.45) is 0 Å². The van der Waals surface area contributed by atoms with Gasteiger partial charge in [-0.15, -0.1) is 0 Å². The number of fused-ring (bicyclic) bond motifs is 1. The van der Waals surface area contributed by atoms with E-state index in [0.717, 1.165) is 21.3 Å². The smallest absolute Gasteiger partial charge is 0.123 e. The minimum absolute atomic E-state index is 0.642. The summed E-state index contributed by atoms with van der Waals surface area (Å²) in [6.45, 7) is 0.665. The molecule has 0 aliphatic rings. The zero-order valence-electron chi connectivity index (χ0n) is 11.5. The largest absolute Gasteiger partial charge is 0.496 e. The third-order valence-corrected chi connectivity index (χ3v) is 3.98. The summed E-state index contributed by atoms with van der Waals surface area (Å²) >= 11 is 3.51. The Bertz CT molecular complexity index is 846. The summed E-state index contributed by atoms with van der Waals surface area (Å²) in [5, 5.41) is 10.2. The van der Waals surface area contributed by atoms with Crippen LogP contribution in [-0.4, -0.2) is 11.7 Å². The zero-order valence-corrected chi connectivity index (χ0v) is 13.1. The van der Waals surface area contributed by atoms with Gasteiger partial charge in [-0.3, -0.25) is 0 Å². The van der Waals surface area contributed by atoms with E-state index in [-0.39, 0.29) is 0 Å². The summed E-state index contributed by atoms with van der Waals surface area (Å²) in [5.41, 5.74) is 2.78. The first kappa shape index (κ1) is 13.7. The van der Waals surface area contributed by atoms with Crippen molar-refractivity contribution in [1.29, 1.82) is 5.26 Å². The molecular formula is C17H13BrN2O. The fourth-order valence-electron chi connectivity index (χ4n) is 2.45. The van der Waals surface area contributed by atoms with Gasteiger partial charge in [0.15, 0.2) is 0 Å². The van der Waals surface area contributed by atoms with Crippen LogP contribution in [0.25, 0.3) is 10.9 Å². The van der Waals surface area contributed by atoms with E-state index in [1.807, 2.05) is 18.2 Å². The number of methoxy groups -OCH3 is 1. The fraction of sp³-hybridized carbons (Fsp3) is 0.118. The van der Waals surface area contributed by atoms with Gasteiger partial charge in [0.05, 0.1) is 25.3 Å². The van der Waals surface area contributed by atoms with E-state index in [1.54, 1.807) is 13.2 Å². The number of nitriles is 1. The summed E-state index contributed by atoms with van der Waals surface area (Å²) in [7, 11) is 1.65. The molecule has 0 fully saturated rings. The molecule has 21 heavy (non-hydrogen) atoms. The summed E-state index contributed by atoms with van der Waals surface area (Å²) in [6, 6.07) is 16.0. The molecule has 0 amide bonds. The van der Waals surface area contributed by atoms with Crippen molar-refractivity contribution in [3.63, 3.8) is 0 Å². The van der Waals surface area contributed by atoms with E-state index in [4.69, 9.17) is 10.00 Å². The molecule has 0 aliphatic carbocycles. The Morgan fingerprint density at radius 1 is 1.19 bits per heavy atom. The second-order valence-corrected chi connectivity index (χ2v) is 5.70. The number of benzene rings is 2. The number of nitrogens with zero attached hydrogens (tertiary/aromatic N) is 2. The second-order valence-electron chi connectivity index (χ2n) is 4.79. The predicted molar refractivity (Wildman–Crippen MR) is 86.4 cm³/mol. The van der Waals surface area contributed by atoms with Gasteiger partial charge in [-0.25, -0.2) is 0 Å². The van der Waals surface area contributed by atoms with Crippen LogP contribution in [0.15, 0.2) is 53.1 Å². The quantitative estimate of drug-likeness (QED) is 0.711. The number of ether oxygens (including phenoxy) is 1. The van der Waals surface area contributed by atoms with Gasteiger partial charge in [0, 0.05) is 21.7 Å². The van der Waals surface area contributed by atoms with Crippen LogP contribution in [-0.2, 0) is 6.54 Å². The van der Waals surface area contributed by atoms with E-state index >= 15 is 0 Å². The predicted octanol–water partition coefficient (Wildman–Crippen LogP) is 4.33. The van der Waals surface area contributed by atoms with Gasteiger partial charge in [-0.1, -0.05) is 22.0 Å². The van der Waals surface area contributed by atoms with Gasteiger partial charge in [0.25, 0.3) is 0 Å². The first-order valence-corrected chi connectivity index (χ1v) is 7.32. The highest BCUT2D eigenvalue weighted by Crippen LogP contribution is 2.25. The standard InChI is InChI=1S/C17H13BrN2O/c1-21-17-5-2-12(10-19)8-14(17)11-20-7-6-13-3-4-15(18)9-16(13)20/h2-9H,11H2,1H3. The van der Waals surface area contributed by atoms with Crippen molar-refractivity contribution < 1.29 is 4.74 Å². The average molecular weight is 341 g/mol. The molecule has 2 aromatic carbocycles. The molecule has 0 spiro atoms. The molecule has 0 saturated heterocycles. The van der Waals surface area contributed by atoms with E-state index < -0.39 is 0 Å². The second kappa shape index (κ2) is 5.63. The highest BCUT2D eigenvalue weighted by atomic mass is 79.9. The van der Waals surface area contributed by atoms with Gasteiger partial charge in [0.2, 0.25) is 0 Å². The Hall–Kier alpha value is -2.25. The van der Waals surface area contributed by atoms with E-state index in [9.17, 15) is 0 Å². The minimum atomic E-state index is 0.642. The normalized spacial score (nSPS) is 10.5. The van der Waals surface area contributed by atoms with Crippen molar-refractivity contribution in [1.82, 2.24) is 4.57 Å². The summed E-state index contributed by atoms with van der Waals surface area (Å²) < 4.78 is 8.60. The van der Waals surface area contributed by atoms with Crippen LogP contribution in [0.2, 0.25) is 0 Å². The minimum Gasteiger partial charge on any atom is -0.496 e. The number of aromatic nitrogens is 1. The number of hydrogen-bond acceptors (Lipinski definition) is 2. The van der Waals surface area contributed by atoms with Crippen LogP contribution in [0.1, 0.15) is 11.1 Å². The van der Waals surface area contributed by atoms with Crippen LogP contribution < -0.4 is 4.74 Å². The Labute approximate surface area is 131 Å². The lowest BCUT2D eigenvalue weighted by Crippen LogP contribution is -2.01. The highest BCUT2D eigenvalue weighted by molar-refractivity contribution is 9.10. The van der Waals surface area contributed by atoms with Gasteiger partial charge in [-0.05, 0) is 41.8 Å². The van der Waals surface area contributed by atoms with Crippen molar-refractivity contribution in [2.75, 3.05) is 7.11 Å². The maximum absolute atomic E-state index is 9.06. The molecule has 3 nitrogen and oxygen atoms in total. The molecule has 1 heterocycles. The molecular weight excluding hydrogens is 328 g/mol. The van der Waals surface area contributed by atoms with Crippen LogP contribution in [0.4, 0.5) is 0 Å². The lowest BCUT2D eigenvalue weighted by molar-refractivity contribution is 0.408. The van der Waals surface area contributed by atoms with Gasteiger partial charge in [-0.2, -0.15) is 5.26 Å². The Balaban J connectivity index is 2.06. The Morgan fingerprint density at radius 2 is 2.05 bits per heavy atom. The van der Waals surface area contributed by atoms with E-state index in [0.29, 0.717) is 12.1 Å². The van der Waals surface area contributed by atoms with Gasteiger partial charge in [0.1, 0.15) is 5.75 Å². The molecule has 0 aliphatic heterocycles. The van der Waals surface area contributed by atoms with E-state index in [2.05, 4.69) is 51.0 Å². The summed E-state index contributed by atoms with van der Waals surface area (Å²) in [4.78, 5) is 0. The molecule has 1 aromatic heterocycles. The number of hydrogen-bond donors (Lipinski definition) is 0. The zero-order chi connectivity index (χ0) is 14.8. The van der Waals surface area contributed by atoms with Crippen molar-refractivity contribution in [3.8, 4) is 11.8 Å². The number of rotatable bonds is 3. The fourth-order valence-corrected chi connectivity index (χ4v) is 2.80. The Morgan fingerprint density at radius 3 is 2.81 bits per heavy atom. The molecule has 0 bridgehead atoms. The maximum atomic E-state index is 9.06. The third-order valence-electron chi connectivity index (χ3n) is 3.49. The SMILES string of the molecule is COc1ccc(C#N)cc1Cn1ccc2ccc(Br)cc21. The molecule has 4 heteroatoms. The van der Waals surface area contributed by atoms with Gasteiger partial charge < -0.3 is 9.30 Å². The summed E-state index contributed by atoms with van der Waals surface area (Å²) in [5.74, 6) is 0.797. The first-order chi connectivity index (χ1) is 10.2. The monoisotopic (exact) mass is 340 g/mol. The topological polar surface area (TPSA) is 37.9 Å². The summed E-state index contributed by atoms with van der Waals surface area (Å²) in [6.07, 6.45) is 2.05. The molecule has 3 aromatic rings. The van der Waals surface area contributed by atoms with Crippen LogP contribution in [0.5, 0.6) is 5.75 Å². The lowest BCUT2D eigenvalue weighted by atomic mass is 10.1. The third kappa shape index (κ3) is 2.65. The molecule has 104 valence electrons. The molecule has 3 rings (SSSR count). The van der Waals surface area contributed by atoms with Gasteiger partial charge >= 0.3 is 0 Å². The lowest BCUT2D eigenvalue weighted by Gasteiger charge is -2.11.